The molecule has 5 atom stereocenters. The maximum absolute atomic E-state index is 11.4. The van der Waals surface area contributed by atoms with Crippen LogP contribution in [0, 0.1) is 0 Å². The van der Waals surface area contributed by atoms with Crippen LogP contribution in [-0.2, 0) is 38.1 Å². The number of hydrogen-bond donors (Lipinski definition) is 1. The van der Waals surface area contributed by atoms with E-state index in [9.17, 15) is 14.4 Å². The quantitative estimate of drug-likeness (QED) is 0.369. The molecule has 0 saturated carbocycles. The van der Waals surface area contributed by atoms with Gasteiger partial charge < -0.3 is 29.4 Å². The van der Waals surface area contributed by atoms with Crippen LogP contribution >= 0.6 is 0 Å². The lowest BCUT2D eigenvalue weighted by atomic mass is 9.97. The second kappa shape index (κ2) is 10.3. The zero-order valence-electron chi connectivity index (χ0n) is 15.1. The SMILES string of the molecule is CCCCOC1OC(COC(C)=O)C(OC(C)=O)C(OC(C)=O)C1N. The van der Waals surface area contributed by atoms with Gasteiger partial charge in [-0.3, -0.25) is 14.4 Å². The summed E-state index contributed by atoms with van der Waals surface area (Å²) in [5.41, 5.74) is 6.11. The number of esters is 3. The number of nitrogens with two attached hydrogens (primary N) is 1. The van der Waals surface area contributed by atoms with Crippen LogP contribution in [0.15, 0.2) is 0 Å². The summed E-state index contributed by atoms with van der Waals surface area (Å²) in [5, 5.41) is 0. The van der Waals surface area contributed by atoms with Crippen LogP contribution in [0.2, 0.25) is 0 Å². The van der Waals surface area contributed by atoms with Crippen molar-refractivity contribution in [2.75, 3.05) is 13.2 Å². The topological polar surface area (TPSA) is 123 Å². The molecule has 1 saturated heterocycles. The van der Waals surface area contributed by atoms with E-state index < -0.39 is 48.6 Å². The fraction of sp³-hybridized carbons (Fsp3) is 0.812. The standard InChI is InChI=1S/C16H27NO8/c1-5-6-7-21-16-13(17)15(24-11(4)20)14(23-10(3)19)12(25-16)8-22-9(2)18/h12-16H,5-8,17H2,1-4H3. The molecule has 144 valence electrons. The Hall–Kier alpha value is -1.71. The highest BCUT2D eigenvalue weighted by Gasteiger charge is 2.49. The van der Waals surface area contributed by atoms with Crippen molar-refractivity contribution in [3.8, 4) is 0 Å². The molecular weight excluding hydrogens is 334 g/mol. The average molecular weight is 361 g/mol. The largest absolute Gasteiger partial charge is 0.463 e. The first kappa shape index (κ1) is 21.3. The number of unbranched alkanes of at least 4 members (excludes halogenated alkanes) is 1. The van der Waals surface area contributed by atoms with E-state index in [2.05, 4.69) is 0 Å². The van der Waals surface area contributed by atoms with Crippen LogP contribution in [0.4, 0.5) is 0 Å². The molecule has 1 fully saturated rings. The molecule has 0 radical (unpaired) electrons. The van der Waals surface area contributed by atoms with Gasteiger partial charge in [0.2, 0.25) is 0 Å². The second-order valence-electron chi connectivity index (χ2n) is 5.80. The Bertz CT molecular complexity index is 469. The molecule has 0 spiro atoms. The van der Waals surface area contributed by atoms with Crippen molar-refractivity contribution in [2.45, 2.75) is 71.2 Å². The number of carbonyl (C=O) groups is 3. The van der Waals surface area contributed by atoms with Gasteiger partial charge in [-0.05, 0) is 6.42 Å². The number of carbonyl (C=O) groups excluding carboxylic acids is 3. The minimum absolute atomic E-state index is 0.189. The average Bonchev–Trinajstić information content (AvgIpc) is 2.51. The summed E-state index contributed by atoms with van der Waals surface area (Å²) in [4.78, 5) is 34.0. The third-order valence-corrected chi connectivity index (χ3v) is 3.53. The Kier molecular flexibility index (Phi) is 8.81. The molecule has 0 amide bonds. The molecule has 0 aromatic heterocycles. The lowest BCUT2D eigenvalue weighted by Crippen LogP contribution is -2.64. The fourth-order valence-corrected chi connectivity index (χ4v) is 2.43. The van der Waals surface area contributed by atoms with E-state index in [1.54, 1.807) is 0 Å². The normalized spacial score (nSPS) is 28.9. The maximum Gasteiger partial charge on any atom is 0.303 e. The summed E-state index contributed by atoms with van der Waals surface area (Å²) in [6.45, 7) is 5.90. The van der Waals surface area contributed by atoms with Crippen molar-refractivity contribution in [2.24, 2.45) is 5.73 Å². The van der Waals surface area contributed by atoms with E-state index in [4.69, 9.17) is 29.4 Å². The molecule has 1 rings (SSSR count). The Morgan fingerprint density at radius 2 is 1.60 bits per heavy atom. The van der Waals surface area contributed by atoms with Gasteiger partial charge in [0.1, 0.15) is 12.7 Å². The van der Waals surface area contributed by atoms with Gasteiger partial charge in [0.25, 0.3) is 0 Å². The zero-order valence-corrected chi connectivity index (χ0v) is 15.1. The molecule has 1 aliphatic heterocycles. The smallest absolute Gasteiger partial charge is 0.303 e. The minimum atomic E-state index is -1.01. The van der Waals surface area contributed by atoms with Gasteiger partial charge in [0, 0.05) is 27.4 Å². The Morgan fingerprint density at radius 1 is 1.00 bits per heavy atom. The van der Waals surface area contributed by atoms with Crippen molar-refractivity contribution >= 4 is 17.9 Å². The van der Waals surface area contributed by atoms with Crippen LogP contribution in [0.3, 0.4) is 0 Å². The van der Waals surface area contributed by atoms with Crippen LogP contribution in [0.5, 0.6) is 0 Å². The fourth-order valence-electron chi connectivity index (χ4n) is 2.43. The second-order valence-corrected chi connectivity index (χ2v) is 5.80. The molecule has 1 heterocycles. The summed E-state index contributed by atoms with van der Waals surface area (Å²) >= 11 is 0. The summed E-state index contributed by atoms with van der Waals surface area (Å²) in [6, 6.07) is -0.862. The van der Waals surface area contributed by atoms with Crippen LogP contribution < -0.4 is 5.73 Å². The zero-order chi connectivity index (χ0) is 19.0. The molecular formula is C16H27NO8. The summed E-state index contributed by atoms with van der Waals surface area (Å²) in [6.07, 6.45) is -2.04. The molecule has 0 aromatic carbocycles. The van der Waals surface area contributed by atoms with E-state index in [1.165, 1.54) is 20.8 Å². The highest BCUT2D eigenvalue weighted by molar-refractivity contribution is 5.67. The van der Waals surface area contributed by atoms with Crippen molar-refractivity contribution in [1.29, 1.82) is 0 Å². The van der Waals surface area contributed by atoms with E-state index in [0.717, 1.165) is 12.8 Å². The lowest BCUT2D eigenvalue weighted by Gasteiger charge is -2.43. The molecule has 25 heavy (non-hydrogen) atoms. The van der Waals surface area contributed by atoms with Gasteiger partial charge in [-0.15, -0.1) is 0 Å². The van der Waals surface area contributed by atoms with Crippen molar-refractivity contribution in [3.05, 3.63) is 0 Å². The van der Waals surface area contributed by atoms with Crippen LogP contribution in [0.1, 0.15) is 40.5 Å². The van der Waals surface area contributed by atoms with Crippen molar-refractivity contribution < 1.29 is 38.1 Å². The predicted molar refractivity (Wildman–Crippen MR) is 85.2 cm³/mol. The molecule has 2 N–H and O–H groups in total. The first-order valence-electron chi connectivity index (χ1n) is 8.26. The lowest BCUT2D eigenvalue weighted by molar-refractivity contribution is -0.274. The molecule has 0 bridgehead atoms. The first-order chi connectivity index (χ1) is 11.8. The van der Waals surface area contributed by atoms with Crippen molar-refractivity contribution in [3.63, 3.8) is 0 Å². The Labute approximate surface area is 147 Å². The molecule has 1 aliphatic rings. The molecule has 0 aliphatic carbocycles. The Balaban J connectivity index is 2.98. The number of ether oxygens (including phenoxy) is 5. The van der Waals surface area contributed by atoms with Gasteiger partial charge in [0.15, 0.2) is 18.5 Å². The summed E-state index contributed by atoms with van der Waals surface area (Å²) in [5.74, 6) is -1.71. The van der Waals surface area contributed by atoms with Gasteiger partial charge in [-0.2, -0.15) is 0 Å². The maximum atomic E-state index is 11.4. The molecule has 0 aromatic rings. The van der Waals surface area contributed by atoms with Crippen LogP contribution in [-0.4, -0.2) is 61.8 Å². The summed E-state index contributed by atoms with van der Waals surface area (Å²) in [7, 11) is 0. The van der Waals surface area contributed by atoms with Crippen molar-refractivity contribution in [1.82, 2.24) is 0 Å². The van der Waals surface area contributed by atoms with Gasteiger partial charge in [0.05, 0.1) is 6.04 Å². The van der Waals surface area contributed by atoms with Crippen LogP contribution in [0.25, 0.3) is 0 Å². The third kappa shape index (κ3) is 6.97. The highest BCUT2D eigenvalue weighted by Crippen LogP contribution is 2.26. The van der Waals surface area contributed by atoms with Gasteiger partial charge in [-0.1, -0.05) is 13.3 Å². The van der Waals surface area contributed by atoms with E-state index in [0.29, 0.717) is 6.61 Å². The summed E-state index contributed by atoms with van der Waals surface area (Å²) < 4.78 is 26.8. The number of rotatable bonds is 8. The van der Waals surface area contributed by atoms with Gasteiger partial charge >= 0.3 is 17.9 Å². The monoisotopic (exact) mass is 361 g/mol. The molecule has 9 heteroatoms. The van der Waals surface area contributed by atoms with E-state index in [-0.39, 0.29) is 6.61 Å². The molecule has 5 unspecified atom stereocenters. The minimum Gasteiger partial charge on any atom is -0.463 e. The number of hydrogen-bond acceptors (Lipinski definition) is 9. The first-order valence-corrected chi connectivity index (χ1v) is 8.26. The third-order valence-electron chi connectivity index (χ3n) is 3.53. The predicted octanol–water partition coefficient (Wildman–Crippen LogP) is 0.282. The van der Waals surface area contributed by atoms with E-state index in [1.807, 2.05) is 6.92 Å². The van der Waals surface area contributed by atoms with Gasteiger partial charge in [-0.25, -0.2) is 0 Å². The Morgan fingerprint density at radius 3 is 2.12 bits per heavy atom. The highest BCUT2D eigenvalue weighted by atomic mass is 16.7. The van der Waals surface area contributed by atoms with E-state index >= 15 is 0 Å². The molecule has 9 nitrogen and oxygen atoms in total.